The maximum absolute atomic E-state index is 11.6. The molecule has 0 unspecified atom stereocenters. The smallest absolute Gasteiger partial charge is 0.263 e. The van der Waals surface area contributed by atoms with Crippen LogP contribution in [-0.4, -0.2) is 35.2 Å². The first-order valence-electron chi connectivity index (χ1n) is 5.17. The summed E-state index contributed by atoms with van der Waals surface area (Å²) >= 11 is 1.33. The summed E-state index contributed by atoms with van der Waals surface area (Å²) in [5.41, 5.74) is 0.712. The molecule has 0 aliphatic rings. The second kappa shape index (κ2) is 5.81. The van der Waals surface area contributed by atoms with Gasteiger partial charge in [-0.05, 0) is 20.8 Å². The van der Waals surface area contributed by atoms with Crippen LogP contribution < -0.4 is 10.6 Å². The minimum Gasteiger partial charge on any atom is -0.395 e. The van der Waals surface area contributed by atoms with E-state index in [4.69, 9.17) is 5.11 Å². The summed E-state index contributed by atoms with van der Waals surface area (Å²) in [7, 11) is 0. The van der Waals surface area contributed by atoms with Gasteiger partial charge in [-0.2, -0.15) is 0 Å². The van der Waals surface area contributed by atoms with Gasteiger partial charge in [-0.25, -0.2) is 4.98 Å². The van der Waals surface area contributed by atoms with Crippen molar-refractivity contribution >= 4 is 22.4 Å². The van der Waals surface area contributed by atoms with Crippen LogP contribution in [0.2, 0.25) is 0 Å². The van der Waals surface area contributed by atoms with Crippen molar-refractivity contribution in [2.45, 2.75) is 26.8 Å². The van der Waals surface area contributed by atoms with Crippen molar-refractivity contribution in [3.05, 3.63) is 10.6 Å². The highest BCUT2D eigenvalue weighted by Crippen LogP contribution is 2.22. The lowest BCUT2D eigenvalue weighted by Crippen LogP contribution is -2.26. The van der Waals surface area contributed by atoms with Crippen LogP contribution in [-0.2, 0) is 0 Å². The van der Waals surface area contributed by atoms with E-state index in [1.807, 2.05) is 13.8 Å². The van der Waals surface area contributed by atoms with Crippen LogP contribution in [0.3, 0.4) is 0 Å². The van der Waals surface area contributed by atoms with Gasteiger partial charge in [-0.1, -0.05) is 11.3 Å². The fourth-order valence-electron chi connectivity index (χ4n) is 1.17. The maximum atomic E-state index is 11.6. The Balaban J connectivity index is 2.73. The Morgan fingerprint density at radius 1 is 1.56 bits per heavy atom. The van der Waals surface area contributed by atoms with E-state index in [9.17, 15) is 4.79 Å². The number of anilines is 1. The first kappa shape index (κ1) is 12.9. The van der Waals surface area contributed by atoms with E-state index in [0.717, 1.165) is 5.13 Å². The number of carbonyl (C=O) groups excluding carboxylic acids is 1. The minimum absolute atomic E-state index is 0.0549. The van der Waals surface area contributed by atoms with Crippen LogP contribution in [0.15, 0.2) is 0 Å². The molecule has 0 atom stereocenters. The summed E-state index contributed by atoms with van der Waals surface area (Å²) in [6.45, 7) is 6.05. The molecule has 1 aromatic heterocycles. The Morgan fingerprint density at radius 3 is 2.81 bits per heavy atom. The molecule has 0 fully saturated rings. The Morgan fingerprint density at radius 2 is 2.25 bits per heavy atom. The Labute approximate surface area is 98.9 Å². The van der Waals surface area contributed by atoms with Crippen LogP contribution in [0.4, 0.5) is 5.13 Å². The Bertz CT molecular complexity index is 363. The maximum Gasteiger partial charge on any atom is 0.263 e. The standard InChI is InChI=1S/C10H17N3O2S/c1-6(2)12-10-13-7(3)8(16-10)9(15)11-4-5-14/h6,14H,4-5H2,1-3H3,(H,11,15)(H,12,13). The third-order valence-corrected chi connectivity index (χ3v) is 2.90. The van der Waals surface area contributed by atoms with Crippen LogP contribution in [0.25, 0.3) is 0 Å². The number of carbonyl (C=O) groups is 1. The summed E-state index contributed by atoms with van der Waals surface area (Å²) in [6.07, 6.45) is 0. The average molecular weight is 243 g/mol. The summed E-state index contributed by atoms with van der Waals surface area (Å²) in [4.78, 5) is 16.5. The fourth-order valence-corrected chi connectivity index (χ4v) is 2.19. The highest BCUT2D eigenvalue weighted by molar-refractivity contribution is 7.17. The first-order chi connectivity index (χ1) is 7.54. The molecule has 0 aliphatic carbocycles. The number of thiazole rings is 1. The first-order valence-corrected chi connectivity index (χ1v) is 5.99. The van der Waals surface area contributed by atoms with Gasteiger partial charge in [0.2, 0.25) is 0 Å². The number of amides is 1. The highest BCUT2D eigenvalue weighted by atomic mass is 32.1. The van der Waals surface area contributed by atoms with Crippen molar-refractivity contribution in [1.82, 2.24) is 10.3 Å². The number of aliphatic hydroxyl groups excluding tert-OH is 1. The molecular formula is C10H17N3O2S. The molecule has 6 heteroatoms. The van der Waals surface area contributed by atoms with Gasteiger partial charge in [0.25, 0.3) is 5.91 Å². The Kier molecular flexibility index (Phi) is 4.70. The number of aromatic nitrogens is 1. The zero-order chi connectivity index (χ0) is 12.1. The van der Waals surface area contributed by atoms with E-state index in [0.29, 0.717) is 16.6 Å². The van der Waals surface area contributed by atoms with Crippen molar-refractivity contribution in [2.24, 2.45) is 0 Å². The summed E-state index contributed by atoms with van der Waals surface area (Å²) < 4.78 is 0. The topological polar surface area (TPSA) is 74.2 Å². The molecule has 0 spiro atoms. The summed E-state index contributed by atoms with van der Waals surface area (Å²) in [6, 6.07) is 0.291. The monoisotopic (exact) mass is 243 g/mol. The van der Waals surface area contributed by atoms with Gasteiger partial charge in [0, 0.05) is 12.6 Å². The number of rotatable bonds is 5. The number of hydrogen-bond acceptors (Lipinski definition) is 5. The predicted octanol–water partition coefficient (Wildman–Crippen LogP) is 0.994. The molecule has 1 heterocycles. The number of nitrogens with zero attached hydrogens (tertiary/aromatic N) is 1. The van der Waals surface area contributed by atoms with Gasteiger partial charge < -0.3 is 15.7 Å². The number of hydrogen-bond donors (Lipinski definition) is 3. The molecule has 0 bridgehead atoms. The molecule has 16 heavy (non-hydrogen) atoms. The molecule has 0 aromatic carbocycles. The number of aryl methyl sites for hydroxylation is 1. The second-order valence-corrected chi connectivity index (χ2v) is 4.71. The van der Waals surface area contributed by atoms with Crippen LogP contribution in [0.1, 0.15) is 29.2 Å². The van der Waals surface area contributed by atoms with Crippen molar-refractivity contribution < 1.29 is 9.90 Å². The van der Waals surface area contributed by atoms with Gasteiger partial charge in [0.15, 0.2) is 5.13 Å². The SMILES string of the molecule is Cc1nc(NC(C)C)sc1C(=O)NCCO. The normalized spacial score (nSPS) is 10.6. The molecule has 0 radical (unpaired) electrons. The van der Waals surface area contributed by atoms with Crippen LogP contribution >= 0.6 is 11.3 Å². The molecular weight excluding hydrogens is 226 g/mol. The van der Waals surface area contributed by atoms with E-state index in [-0.39, 0.29) is 19.1 Å². The van der Waals surface area contributed by atoms with Crippen molar-refractivity contribution in [1.29, 1.82) is 0 Å². The largest absolute Gasteiger partial charge is 0.395 e. The lowest BCUT2D eigenvalue weighted by molar-refractivity contribution is 0.0948. The van der Waals surface area contributed by atoms with E-state index >= 15 is 0 Å². The molecule has 1 aromatic rings. The fraction of sp³-hybridized carbons (Fsp3) is 0.600. The molecule has 90 valence electrons. The van der Waals surface area contributed by atoms with Gasteiger partial charge in [-0.3, -0.25) is 4.79 Å². The van der Waals surface area contributed by atoms with E-state index < -0.39 is 0 Å². The quantitative estimate of drug-likeness (QED) is 0.721. The van der Waals surface area contributed by atoms with Gasteiger partial charge in [0.1, 0.15) is 4.88 Å². The lowest BCUT2D eigenvalue weighted by atomic mass is 10.4. The zero-order valence-electron chi connectivity index (χ0n) is 9.70. The van der Waals surface area contributed by atoms with Gasteiger partial charge in [-0.15, -0.1) is 0 Å². The second-order valence-electron chi connectivity index (χ2n) is 3.71. The third kappa shape index (κ3) is 3.46. The van der Waals surface area contributed by atoms with Crippen LogP contribution in [0.5, 0.6) is 0 Å². The van der Waals surface area contributed by atoms with E-state index in [2.05, 4.69) is 15.6 Å². The minimum atomic E-state index is -0.180. The summed E-state index contributed by atoms with van der Waals surface area (Å²) in [5, 5.41) is 15.1. The highest BCUT2D eigenvalue weighted by Gasteiger charge is 2.14. The van der Waals surface area contributed by atoms with Gasteiger partial charge in [0.05, 0.1) is 12.3 Å². The number of aliphatic hydroxyl groups is 1. The average Bonchev–Trinajstić information content (AvgIpc) is 2.54. The Hall–Kier alpha value is -1.14. The predicted molar refractivity (Wildman–Crippen MR) is 65.0 cm³/mol. The lowest BCUT2D eigenvalue weighted by Gasteiger charge is -2.04. The molecule has 1 rings (SSSR count). The molecule has 0 saturated heterocycles. The molecule has 3 N–H and O–H groups in total. The van der Waals surface area contributed by atoms with E-state index in [1.165, 1.54) is 11.3 Å². The summed E-state index contributed by atoms with van der Waals surface area (Å²) in [5.74, 6) is -0.180. The molecule has 0 aliphatic heterocycles. The van der Waals surface area contributed by atoms with Crippen LogP contribution in [0, 0.1) is 6.92 Å². The third-order valence-electron chi connectivity index (χ3n) is 1.81. The van der Waals surface area contributed by atoms with Gasteiger partial charge >= 0.3 is 0 Å². The molecule has 0 saturated carbocycles. The van der Waals surface area contributed by atoms with Crippen molar-refractivity contribution in [3.8, 4) is 0 Å². The van der Waals surface area contributed by atoms with E-state index in [1.54, 1.807) is 6.92 Å². The molecule has 5 nitrogen and oxygen atoms in total. The van der Waals surface area contributed by atoms with Crippen molar-refractivity contribution in [2.75, 3.05) is 18.5 Å². The zero-order valence-corrected chi connectivity index (χ0v) is 10.5. The molecule has 1 amide bonds. The van der Waals surface area contributed by atoms with Crippen molar-refractivity contribution in [3.63, 3.8) is 0 Å². The number of nitrogens with one attached hydrogen (secondary N) is 2.